The zero-order chi connectivity index (χ0) is 21.8. The van der Waals surface area contributed by atoms with Crippen molar-refractivity contribution >= 4 is 5.82 Å². The van der Waals surface area contributed by atoms with Crippen molar-refractivity contribution < 1.29 is 9.50 Å². The van der Waals surface area contributed by atoms with Gasteiger partial charge in [-0.3, -0.25) is 4.68 Å². The molecule has 32 heavy (non-hydrogen) atoms. The Hall–Kier alpha value is -3.07. The Balaban J connectivity index is 1.25. The van der Waals surface area contributed by atoms with Crippen molar-refractivity contribution in [3.8, 4) is 28.3 Å². The first kappa shape index (κ1) is 19.6. The number of aromatic nitrogens is 5. The molecule has 0 amide bonds. The molecule has 1 aromatic carbocycles. The number of rotatable bonds is 5. The van der Waals surface area contributed by atoms with Gasteiger partial charge in [-0.25, -0.2) is 9.37 Å². The third-order valence-corrected chi connectivity index (χ3v) is 6.90. The van der Waals surface area contributed by atoms with Gasteiger partial charge in [0.2, 0.25) is 0 Å². The number of alkyl halides is 1. The maximum atomic E-state index is 14.2. The number of benzene rings is 1. The van der Waals surface area contributed by atoms with E-state index >= 15 is 0 Å². The van der Waals surface area contributed by atoms with Crippen molar-refractivity contribution in [2.75, 3.05) is 4.90 Å². The lowest BCUT2D eigenvalue weighted by atomic mass is 9.98. The lowest BCUT2D eigenvalue weighted by Gasteiger charge is -2.38. The number of nitrogens with one attached hydrogen (secondary N) is 1. The summed E-state index contributed by atoms with van der Waals surface area (Å²) < 4.78 is 15.9. The Bertz CT molecular complexity index is 1130. The number of aryl methyl sites for hydroxylation is 1. The van der Waals surface area contributed by atoms with Gasteiger partial charge < -0.3 is 15.3 Å². The Morgan fingerprint density at radius 3 is 2.62 bits per heavy atom. The van der Waals surface area contributed by atoms with Crippen LogP contribution >= 0.6 is 0 Å². The number of phenols is 1. The van der Waals surface area contributed by atoms with Crippen molar-refractivity contribution in [2.24, 2.45) is 7.05 Å². The fourth-order valence-corrected chi connectivity index (χ4v) is 5.24. The summed E-state index contributed by atoms with van der Waals surface area (Å²) in [6.07, 6.45) is 9.20. The van der Waals surface area contributed by atoms with Gasteiger partial charge in [0.15, 0.2) is 11.6 Å². The van der Waals surface area contributed by atoms with Crippen molar-refractivity contribution in [1.29, 1.82) is 0 Å². The van der Waals surface area contributed by atoms with Gasteiger partial charge in [-0.15, -0.1) is 10.2 Å². The summed E-state index contributed by atoms with van der Waals surface area (Å²) >= 11 is 0. The molecular weight excluding hydrogens is 409 g/mol. The number of nitrogens with zero attached hydrogens (tertiary/aromatic N) is 6. The smallest absolute Gasteiger partial charge is 0.185 e. The second-order valence-electron chi connectivity index (χ2n) is 9.26. The SMILES string of the molecule is Cn1cc(-c2ccc(-c3ncc(N(C4CC4)[C@H]4C[C@@H]5C[C@H](F)[C@H](C4)N5)nn3)c(O)c2)cn1. The van der Waals surface area contributed by atoms with Gasteiger partial charge in [0.05, 0.1) is 18.0 Å². The standard InChI is InChI=1S/C23H26FN7O/c1-30-12-14(10-26-30)13-2-5-18(21(32)6-13)23-25-11-22(28-29-23)31(16-3-4-16)17-7-15-8-19(24)20(9-17)27-15/h2,5-6,10-12,15-17,19-20,27,32H,3-4,7-9H2,1H3/t15-,17+,19+,20+/m1/s1. The van der Waals surface area contributed by atoms with Gasteiger partial charge in [0.25, 0.3) is 0 Å². The first-order valence-corrected chi connectivity index (χ1v) is 11.3. The quantitative estimate of drug-likeness (QED) is 0.637. The van der Waals surface area contributed by atoms with E-state index in [1.807, 2.05) is 19.3 Å². The summed E-state index contributed by atoms with van der Waals surface area (Å²) in [6.45, 7) is 0. The van der Waals surface area contributed by atoms with Crippen LogP contribution in [0.25, 0.3) is 22.5 Å². The van der Waals surface area contributed by atoms with Gasteiger partial charge in [0.1, 0.15) is 11.9 Å². The molecule has 2 aromatic heterocycles. The molecule has 1 saturated carbocycles. The highest BCUT2D eigenvalue weighted by atomic mass is 19.1. The Labute approximate surface area is 185 Å². The maximum absolute atomic E-state index is 14.2. The molecule has 3 fully saturated rings. The minimum Gasteiger partial charge on any atom is -0.507 e. The average molecular weight is 436 g/mol. The topological polar surface area (TPSA) is 92.0 Å². The summed E-state index contributed by atoms with van der Waals surface area (Å²) in [4.78, 5) is 6.84. The molecule has 2 bridgehead atoms. The monoisotopic (exact) mass is 435 g/mol. The predicted octanol–water partition coefficient (Wildman–Crippen LogP) is 2.84. The van der Waals surface area contributed by atoms with Crippen LogP contribution in [0.2, 0.25) is 0 Å². The molecule has 0 radical (unpaired) electrons. The molecule has 2 aliphatic heterocycles. The van der Waals surface area contributed by atoms with Crippen LogP contribution in [0.5, 0.6) is 5.75 Å². The van der Waals surface area contributed by atoms with Gasteiger partial charge in [-0.1, -0.05) is 6.07 Å². The zero-order valence-corrected chi connectivity index (χ0v) is 17.9. The van der Waals surface area contributed by atoms with Crippen LogP contribution in [0.4, 0.5) is 10.2 Å². The number of piperidine rings is 1. The first-order valence-electron chi connectivity index (χ1n) is 11.3. The minimum atomic E-state index is -0.754. The Morgan fingerprint density at radius 2 is 1.97 bits per heavy atom. The summed E-state index contributed by atoms with van der Waals surface area (Å²) in [5.41, 5.74) is 2.33. The maximum Gasteiger partial charge on any atom is 0.185 e. The van der Waals surface area contributed by atoms with E-state index in [2.05, 4.69) is 30.5 Å². The van der Waals surface area contributed by atoms with E-state index in [0.717, 1.165) is 42.6 Å². The summed E-state index contributed by atoms with van der Waals surface area (Å²) in [6, 6.07) is 6.29. The molecular formula is C23H26FN7O. The molecule has 1 aliphatic carbocycles. The third kappa shape index (κ3) is 3.50. The normalized spacial score (nSPS) is 26.9. The fraction of sp³-hybridized carbons (Fsp3) is 0.478. The second kappa shape index (κ2) is 7.51. The minimum absolute atomic E-state index is 0.0598. The highest BCUT2D eigenvalue weighted by Gasteiger charge is 2.45. The first-order chi connectivity index (χ1) is 15.5. The van der Waals surface area contributed by atoms with Crippen LogP contribution in [0, 0.1) is 0 Å². The van der Waals surface area contributed by atoms with E-state index in [1.54, 1.807) is 29.2 Å². The molecule has 4 heterocycles. The zero-order valence-electron chi connectivity index (χ0n) is 17.9. The molecule has 3 aromatic rings. The van der Waals surface area contributed by atoms with E-state index in [4.69, 9.17) is 0 Å². The molecule has 0 unspecified atom stereocenters. The summed E-state index contributed by atoms with van der Waals surface area (Å²) in [5.74, 6) is 1.22. The van der Waals surface area contributed by atoms with Crippen molar-refractivity contribution in [1.82, 2.24) is 30.3 Å². The number of anilines is 1. The Kier molecular flexibility index (Phi) is 4.60. The molecule has 2 saturated heterocycles. The molecule has 6 rings (SSSR count). The predicted molar refractivity (Wildman–Crippen MR) is 118 cm³/mol. The summed E-state index contributed by atoms with van der Waals surface area (Å²) in [5, 5.41) is 27.0. The van der Waals surface area contributed by atoms with Crippen LogP contribution in [-0.2, 0) is 7.05 Å². The third-order valence-electron chi connectivity index (χ3n) is 6.90. The van der Waals surface area contributed by atoms with E-state index in [0.29, 0.717) is 23.9 Å². The van der Waals surface area contributed by atoms with E-state index in [-0.39, 0.29) is 23.9 Å². The molecule has 2 N–H and O–H groups in total. The molecule has 0 spiro atoms. The van der Waals surface area contributed by atoms with E-state index in [9.17, 15) is 9.50 Å². The molecule has 8 nitrogen and oxygen atoms in total. The number of hydrogen-bond donors (Lipinski definition) is 2. The van der Waals surface area contributed by atoms with Crippen molar-refractivity contribution in [3.05, 3.63) is 36.8 Å². The van der Waals surface area contributed by atoms with Crippen LogP contribution in [0.3, 0.4) is 0 Å². The number of phenolic OH excluding ortho intramolecular Hbond substituents is 1. The molecule has 166 valence electrons. The number of hydrogen-bond acceptors (Lipinski definition) is 7. The van der Waals surface area contributed by atoms with Gasteiger partial charge in [-0.2, -0.15) is 5.10 Å². The summed E-state index contributed by atoms with van der Waals surface area (Å²) in [7, 11) is 1.86. The number of aromatic hydroxyl groups is 1. The van der Waals surface area contributed by atoms with Crippen LogP contribution in [-0.4, -0.2) is 60.4 Å². The highest BCUT2D eigenvalue weighted by Crippen LogP contribution is 2.39. The molecule has 4 atom stereocenters. The van der Waals surface area contributed by atoms with E-state index < -0.39 is 6.17 Å². The second-order valence-corrected chi connectivity index (χ2v) is 9.26. The van der Waals surface area contributed by atoms with Crippen LogP contribution in [0.1, 0.15) is 32.1 Å². The average Bonchev–Trinajstić information content (AvgIpc) is 3.46. The van der Waals surface area contributed by atoms with Gasteiger partial charge >= 0.3 is 0 Å². The molecule has 3 aliphatic rings. The van der Waals surface area contributed by atoms with Gasteiger partial charge in [-0.05, 0) is 49.8 Å². The van der Waals surface area contributed by atoms with Crippen LogP contribution < -0.4 is 10.2 Å². The Morgan fingerprint density at radius 1 is 1.09 bits per heavy atom. The lowest BCUT2D eigenvalue weighted by molar-refractivity contribution is 0.271. The number of fused-ring (bicyclic) bond motifs is 2. The number of halogens is 1. The highest BCUT2D eigenvalue weighted by molar-refractivity contribution is 5.72. The lowest BCUT2D eigenvalue weighted by Crippen LogP contribution is -2.50. The van der Waals surface area contributed by atoms with Crippen molar-refractivity contribution in [2.45, 2.75) is 62.4 Å². The van der Waals surface area contributed by atoms with E-state index in [1.165, 1.54) is 0 Å². The van der Waals surface area contributed by atoms with Crippen LogP contribution in [0.15, 0.2) is 36.8 Å². The van der Waals surface area contributed by atoms with Gasteiger partial charge in [0, 0.05) is 43.0 Å². The fourth-order valence-electron chi connectivity index (χ4n) is 5.24. The molecule has 9 heteroatoms. The largest absolute Gasteiger partial charge is 0.507 e. The van der Waals surface area contributed by atoms with Crippen molar-refractivity contribution in [3.63, 3.8) is 0 Å².